The summed E-state index contributed by atoms with van der Waals surface area (Å²) >= 11 is 12.6. The smallest absolute Gasteiger partial charge is 0.283 e. The molecule has 1 amide bonds. The average molecular weight is 485 g/mol. The highest BCUT2D eigenvalue weighted by molar-refractivity contribution is 6.35. The predicted octanol–water partition coefficient (Wildman–Crippen LogP) is 5.94. The summed E-state index contributed by atoms with van der Waals surface area (Å²) in [6.45, 7) is 1.68. The highest BCUT2D eigenvalue weighted by Crippen LogP contribution is 2.39. The van der Waals surface area contributed by atoms with E-state index in [-0.39, 0.29) is 11.7 Å². The molecule has 0 saturated carbocycles. The van der Waals surface area contributed by atoms with E-state index in [9.17, 15) is 9.18 Å². The van der Waals surface area contributed by atoms with Gasteiger partial charge in [0, 0.05) is 23.7 Å². The van der Waals surface area contributed by atoms with Gasteiger partial charge in [0.1, 0.15) is 5.82 Å². The van der Waals surface area contributed by atoms with Crippen LogP contribution in [0.4, 0.5) is 4.39 Å². The number of amides is 1. The summed E-state index contributed by atoms with van der Waals surface area (Å²) in [5, 5.41) is 7.66. The molecule has 5 rings (SSSR count). The van der Waals surface area contributed by atoms with Gasteiger partial charge in [0.15, 0.2) is 5.69 Å². The fourth-order valence-corrected chi connectivity index (χ4v) is 5.00. The predicted molar refractivity (Wildman–Crippen MR) is 129 cm³/mol. The van der Waals surface area contributed by atoms with Gasteiger partial charge in [-0.2, -0.15) is 5.10 Å². The first-order chi connectivity index (χ1) is 16.0. The number of aromatic nitrogens is 2. The Labute approximate surface area is 201 Å². The monoisotopic (exact) mass is 484 g/mol. The van der Waals surface area contributed by atoms with E-state index < -0.39 is 0 Å². The third-order valence-corrected chi connectivity index (χ3v) is 6.65. The molecule has 1 aliphatic heterocycles. The summed E-state index contributed by atoms with van der Waals surface area (Å²) in [5.41, 5.74) is 7.74. The molecule has 3 aromatic rings. The Morgan fingerprint density at radius 1 is 1.03 bits per heavy atom. The van der Waals surface area contributed by atoms with Gasteiger partial charge in [0.05, 0.1) is 16.4 Å². The highest BCUT2D eigenvalue weighted by atomic mass is 35.5. The van der Waals surface area contributed by atoms with Crippen LogP contribution in [0.1, 0.15) is 53.0 Å². The van der Waals surface area contributed by atoms with Crippen LogP contribution in [-0.4, -0.2) is 33.8 Å². The minimum atomic E-state index is -0.279. The number of piperidine rings is 1. The lowest BCUT2D eigenvalue weighted by molar-refractivity contribution is 0.0743. The van der Waals surface area contributed by atoms with E-state index in [1.165, 1.54) is 18.6 Å². The van der Waals surface area contributed by atoms with Crippen LogP contribution in [0.25, 0.3) is 17.3 Å². The number of hydrogen-bond donors (Lipinski definition) is 1. The van der Waals surface area contributed by atoms with Crippen LogP contribution in [0.15, 0.2) is 42.5 Å². The zero-order valence-corrected chi connectivity index (χ0v) is 19.5. The number of allylic oxidation sites excluding steroid dienone is 1. The molecule has 8 heteroatoms. The molecule has 1 N–H and O–H groups in total. The van der Waals surface area contributed by atoms with E-state index in [0.29, 0.717) is 27.8 Å². The Balaban J connectivity index is 1.58. The van der Waals surface area contributed by atoms with Crippen molar-refractivity contribution < 1.29 is 9.18 Å². The zero-order valence-electron chi connectivity index (χ0n) is 18.0. The van der Waals surface area contributed by atoms with Gasteiger partial charge in [-0.15, -0.1) is 0 Å². The number of hydrazine groups is 1. The Morgan fingerprint density at radius 2 is 1.79 bits per heavy atom. The number of rotatable bonds is 4. The molecule has 1 aromatic heterocycles. The molecule has 1 aliphatic carbocycles. The normalized spacial score (nSPS) is 17.4. The van der Waals surface area contributed by atoms with Gasteiger partial charge < -0.3 is 0 Å². The third-order valence-electron chi connectivity index (χ3n) is 6.11. The van der Waals surface area contributed by atoms with Gasteiger partial charge in [-0.3, -0.25) is 10.2 Å². The molecule has 0 spiro atoms. The lowest BCUT2D eigenvalue weighted by Crippen LogP contribution is -2.45. The number of carbonyl (C=O) groups excluding carboxylic acids is 1. The van der Waals surface area contributed by atoms with Gasteiger partial charge in [0.2, 0.25) is 0 Å². The fraction of sp³-hybridized carbons (Fsp3) is 0.280. The van der Waals surface area contributed by atoms with E-state index in [2.05, 4.69) is 5.43 Å². The summed E-state index contributed by atoms with van der Waals surface area (Å²) in [6.07, 6.45) is 6.77. The molecular formula is C25H23Cl2FN4O. The van der Waals surface area contributed by atoms with E-state index in [0.717, 1.165) is 54.7 Å². The van der Waals surface area contributed by atoms with Crippen LogP contribution in [0.2, 0.25) is 10.0 Å². The van der Waals surface area contributed by atoms with E-state index in [1.807, 2.05) is 11.1 Å². The maximum Gasteiger partial charge on any atom is 0.286 e. The highest BCUT2D eigenvalue weighted by Gasteiger charge is 2.31. The number of carbonyl (C=O) groups is 1. The molecule has 170 valence electrons. The minimum Gasteiger partial charge on any atom is -0.283 e. The topological polar surface area (TPSA) is 50.2 Å². The lowest BCUT2D eigenvalue weighted by Gasteiger charge is -2.26. The molecule has 2 aliphatic rings. The Bertz CT molecular complexity index is 1230. The molecule has 2 aromatic carbocycles. The fourth-order valence-electron chi connectivity index (χ4n) is 4.51. The van der Waals surface area contributed by atoms with Crippen LogP contribution in [0.5, 0.6) is 0 Å². The van der Waals surface area contributed by atoms with E-state index in [4.69, 9.17) is 28.3 Å². The number of nitrogens with zero attached hydrogens (tertiary/aromatic N) is 3. The van der Waals surface area contributed by atoms with Crippen LogP contribution < -0.4 is 5.43 Å². The number of benzene rings is 2. The molecule has 1 saturated heterocycles. The van der Waals surface area contributed by atoms with Crippen LogP contribution in [0, 0.1) is 5.82 Å². The van der Waals surface area contributed by atoms with Crippen molar-refractivity contribution in [1.82, 2.24) is 20.2 Å². The standard InChI is InChI=1S/C25H23Cl2FN4O/c26-18-7-11-22(21(27)15-18)32-24-17(14-16-4-8-19(28)9-5-16)6-10-20(24)23(29-32)25(33)30-31-12-2-1-3-13-31/h4-5,7-9,11,14-15H,1-3,6,10,12-13H2,(H,30,33)/b17-14+. The molecule has 5 nitrogen and oxygen atoms in total. The van der Waals surface area contributed by atoms with Gasteiger partial charge in [-0.05, 0) is 73.2 Å². The zero-order chi connectivity index (χ0) is 22.9. The van der Waals surface area contributed by atoms with Crippen molar-refractivity contribution in [2.75, 3.05) is 13.1 Å². The average Bonchev–Trinajstić information content (AvgIpc) is 3.37. The summed E-state index contributed by atoms with van der Waals surface area (Å²) in [7, 11) is 0. The van der Waals surface area contributed by atoms with Gasteiger partial charge in [0.25, 0.3) is 5.91 Å². The molecule has 0 bridgehead atoms. The van der Waals surface area contributed by atoms with Gasteiger partial charge in [-0.1, -0.05) is 41.8 Å². The Kier molecular flexibility index (Phi) is 6.23. The molecule has 2 heterocycles. The largest absolute Gasteiger partial charge is 0.286 e. The first kappa shape index (κ1) is 22.1. The first-order valence-electron chi connectivity index (χ1n) is 11.1. The number of hydrogen-bond acceptors (Lipinski definition) is 3. The summed E-state index contributed by atoms with van der Waals surface area (Å²) in [4.78, 5) is 13.2. The van der Waals surface area contributed by atoms with Crippen LogP contribution >= 0.6 is 23.2 Å². The maximum absolute atomic E-state index is 13.4. The Morgan fingerprint density at radius 3 is 2.52 bits per heavy atom. The van der Waals surface area contributed by atoms with E-state index in [1.54, 1.807) is 35.0 Å². The van der Waals surface area contributed by atoms with Crippen LogP contribution in [0.3, 0.4) is 0 Å². The van der Waals surface area contributed by atoms with Gasteiger partial charge in [-0.25, -0.2) is 14.1 Å². The lowest BCUT2D eigenvalue weighted by atomic mass is 10.1. The van der Waals surface area contributed by atoms with Crippen molar-refractivity contribution in [2.24, 2.45) is 0 Å². The molecule has 0 atom stereocenters. The van der Waals surface area contributed by atoms with Crippen LogP contribution in [-0.2, 0) is 6.42 Å². The second-order valence-corrected chi connectivity index (χ2v) is 9.24. The first-order valence-corrected chi connectivity index (χ1v) is 11.8. The summed E-state index contributed by atoms with van der Waals surface area (Å²) < 4.78 is 15.1. The second-order valence-electron chi connectivity index (χ2n) is 8.39. The van der Waals surface area contributed by atoms with Crippen molar-refractivity contribution in [2.45, 2.75) is 32.1 Å². The SMILES string of the molecule is O=C(NN1CCCCC1)c1nn(-c2ccc(Cl)cc2Cl)c2c1CC/C2=C\c1ccc(F)cc1. The summed E-state index contributed by atoms with van der Waals surface area (Å²) in [5.74, 6) is -0.487. The molecule has 33 heavy (non-hydrogen) atoms. The molecule has 0 radical (unpaired) electrons. The quantitative estimate of drug-likeness (QED) is 0.498. The van der Waals surface area contributed by atoms with E-state index >= 15 is 0 Å². The van der Waals surface area contributed by atoms with Crippen molar-refractivity contribution in [3.8, 4) is 5.69 Å². The van der Waals surface area contributed by atoms with Crippen molar-refractivity contribution in [3.05, 3.63) is 80.8 Å². The number of halogens is 3. The number of fused-ring (bicyclic) bond motifs is 1. The second kappa shape index (κ2) is 9.29. The summed E-state index contributed by atoms with van der Waals surface area (Å²) in [6, 6.07) is 11.6. The minimum absolute atomic E-state index is 0.208. The van der Waals surface area contributed by atoms with Crippen molar-refractivity contribution in [3.63, 3.8) is 0 Å². The third kappa shape index (κ3) is 4.56. The Hall–Kier alpha value is -2.67. The van der Waals surface area contributed by atoms with Crippen molar-refractivity contribution >= 4 is 40.8 Å². The number of nitrogens with one attached hydrogen (secondary N) is 1. The maximum atomic E-state index is 13.4. The molecule has 1 fully saturated rings. The van der Waals surface area contributed by atoms with Crippen molar-refractivity contribution in [1.29, 1.82) is 0 Å². The molecular weight excluding hydrogens is 462 g/mol. The van der Waals surface area contributed by atoms with Gasteiger partial charge >= 0.3 is 0 Å². The molecule has 0 unspecified atom stereocenters.